The number of nitrogens with zero attached hydrogens (tertiary/aromatic N) is 4. The molecule has 0 aliphatic carbocycles. The molecule has 1 unspecified atom stereocenters. The van der Waals surface area contributed by atoms with Gasteiger partial charge in [0.2, 0.25) is 0 Å². The number of halogens is 1. The van der Waals surface area contributed by atoms with Crippen LogP contribution in [0, 0.1) is 10.1 Å². The van der Waals surface area contributed by atoms with Crippen molar-refractivity contribution in [2.75, 3.05) is 0 Å². The molecule has 1 heterocycles. The second-order valence-corrected chi connectivity index (χ2v) is 4.81. The summed E-state index contributed by atoms with van der Waals surface area (Å²) in [5.74, 6) is 0. The Hall–Kier alpha value is -1.99. The minimum atomic E-state index is -0.505. The molecule has 0 fully saturated rings. The van der Waals surface area contributed by atoms with Crippen LogP contribution in [0.2, 0.25) is 5.02 Å². The Bertz CT molecular complexity index is 628. The average Bonchev–Trinajstić information content (AvgIpc) is 2.88. The molecule has 0 aliphatic heterocycles. The molecule has 0 saturated carbocycles. The molecule has 0 saturated heterocycles. The minimum absolute atomic E-state index is 0.127. The number of hydrogen-bond donors (Lipinski definition) is 1. The van der Waals surface area contributed by atoms with Crippen molar-refractivity contribution in [2.24, 2.45) is 5.73 Å². The summed E-state index contributed by atoms with van der Waals surface area (Å²) in [7, 11) is 0. The maximum atomic E-state index is 11.1. The van der Waals surface area contributed by atoms with Crippen LogP contribution in [0.15, 0.2) is 24.4 Å². The number of nitrogens with two attached hydrogens (primary N) is 1. The van der Waals surface area contributed by atoms with Gasteiger partial charge < -0.3 is 5.73 Å². The minimum Gasteiger partial charge on any atom is -0.323 e. The number of nitro groups is 1. The molecule has 1 aromatic carbocycles. The molecule has 0 bridgehead atoms. The van der Waals surface area contributed by atoms with Gasteiger partial charge in [-0.25, -0.2) is 4.68 Å². The summed E-state index contributed by atoms with van der Waals surface area (Å²) < 4.78 is 1.35. The van der Waals surface area contributed by atoms with E-state index in [4.69, 9.17) is 17.3 Å². The molecule has 20 heavy (non-hydrogen) atoms. The van der Waals surface area contributed by atoms with E-state index in [0.717, 1.165) is 12.8 Å². The third-order valence-corrected chi connectivity index (χ3v) is 3.11. The predicted molar refractivity (Wildman–Crippen MR) is 74.9 cm³/mol. The van der Waals surface area contributed by atoms with Crippen LogP contribution >= 0.6 is 11.6 Å². The highest BCUT2D eigenvalue weighted by Crippen LogP contribution is 2.26. The monoisotopic (exact) mass is 295 g/mol. The van der Waals surface area contributed by atoms with Gasteiger partial charge in [-0.05, 0) is 18.6 Å². The number of aromatic nitrogens is 3. The lowest BCUT2D eigenvalue weighted by Crippen LogP contribution is -2.10. The van der Waals surface area contributed by atoms with Gasteiger partial charge in [-0.3, -0.25) is 10.1 Å². The summed E-state index contributed by atoms with van der Waals surface area (Å²) in [6.07, 6.45) is 3.31. The van der Waals surface area contributed by atoms with Crippen LogP contribution in [0.25, 0.3) is 5.69 Å². The molecular weight excluding hydrogens is 282 g/mol. The standard InChI is InChI=1S/C12H14ClN5O2/c1-2-3-9(14)10-7-17(16-15-10)11-5-4-8(13)6-12(11)18(19)20/h4-7,9H,2-3,14H2,1H3. The lowest BCUT2D eigenvalue weighted by molar-refractivity contribution is -0.384. The largest absolute Gasteiger partial charge is 0.323 e. The second kappa shape index (κ2) is 5.98. The van der Waals surface area contributed by atoms with Crippen LogP contribution in [0.4, 0.5) is 5.69 Å². The summed E-state index contributed by atoms with van der Waals surface area (Å²) >= 11 is 5.78. The molecular formula is C12H14ClN5O2. The van der Waals surface area contributed by atoms with Crippen molar-refractivity contribution in [3.05, 3.63) is 45.2 Å². The molecule has 2 aromatic rings. The fraction of sp³-hybridized carbons (Fsp3) is 0.333. The van der Waals surface area contributed by atoms with Crippen LogP contribution in [0.1, 0.15) is 31.5 Å². The number of benzene rings is 1. The van der Waals surface area contributed by atoms with E-state index in [2.05, 4.69) is 10.3 Å². The smallest absolute Gasteiger partial charge is 0.296 e. The molecule has 2 rings (SSSR count). The normalized spacial score (nSPS) is 12.3. The van der Waals surface area contributed by atoms with E-state index in [1.165, 1.54) is 16.8 Å². The molecule has 0 spiro atoms. The molecule has 2 N–H and O–H groups in total. The topological polar surface area (TPSA) is 99.9 Å². The van der Waals surface area contributed by atoms with Crippen molar-refractivity contribution in [2.45, 2.75) is 25.8 Å². The van der Waals surface area contributed by atoms with Crippen molar-refractivity contribution >= 4 is 17.3 Å². The third-order valence-electron chi connectivity index (χ3n) is 2.87. The second-order valence-electron chi connectivity index (χ2n) is 4.37. The summed E-state index contributed by atoms with van der Waals surface area (Å²) in [6, 6.07) is 4.16. The Morgan fingerprint density at radius 2 is 2.30 bits per heavy atom. The van der Waals surface area contributed by atoms with E-state index in [1.54, 1.807) is 12.3 Å². The molecule has 0 radical (unpaired) electrons. The first-order chi connectivity index (χ1) is 9.52. The van der Waals surface area contributed by atoms with Crippen LogP contribution in [0.5, 0.6) is 0 Å². The highest BCUT2D eigenvalue weighted by atomic mass is 35.5. The zero-order chi connectivity index (χ0) is 14.7. The maximum Gasteiger partial charge on any atom is 0.296 e. The van der Waals surface area contributed by atoms with Crippen molar-refractivity contribution in [1.82, 2.24) is 15.0 Å². The van der Waals surface area contributed by atoms with Gasteiger partial charge in [-0.15, -0.1) is 5.10 Å². The van der Waals surface area contributed by atoms with Crippen molar-refractivity contribution in [3.8, 4) is 5.69 Å². The Morgan fingerprint density at radius 1 is 1.55 bits per heavy atom. The Kier molecular flexibility index (Phi) is 4.31. The lowest BCUT2D eigenvalue weighted by Gasteiger charge is -2.05. The lowest BCUT2D eigenvalue weighted by atomic mass is 10.1. The van der Waals surface area contributed by atoms with E-state index in [1.807, 2.05) is 6.92 Å². The zero-order valence-corrected chi connectivity index (χ0v) is 11.6. The molecule has 0 amide bonds. The van der Waals surface area contributed by atoms with Gasteiger partial charge in [0.05, 0.1) is 22.9 Å². The van der Waals surface area contributed by atoms with E-state index in [0.29, 0.717) is 16.4 Å². The van der Waals surface area contributed by atoms with Crippen LogP contribution in [-0.2, 0) is 0 Å². The molecule has 1 atom stereocenters. The first-order valence-corrected chi connectivity index (χ1v) is 6.53. The fourth-order valence-electron chi connectivity index (χ4n) is 1.86. The van der Waals surface area contributed by atoms with E-state index in [9.17, 15) is 10.1 Å². The fourth-order valence-corrected chi connectivity index (χ4v) is 2.03. The highest BCUT2D eigenvalue weighted by molar-refractivity contribution is 6.30. The Morgan fingerprint density at radius 3 is 2.95 bits per heavy atom. The summed E-state index contributed by atoms with van der Waals surface area (Å²) in [6.45, 7) is 2.02. The van der Waals surface area contributed by atoms with Gasteiger partial charge in [-0.2, -0.15) is 0 Å². The van der Waals surface area contributed by atoms with Gasteiger partial charge in [0.1, 0.15) is 5.69 Å². The van der Waals surface area contributed by atoms with Crippen LogP contribution < -0.4 is 5.73 Å². The molecule has 8 heteroatoms. The van der Waals surface area contributed by atoms with E-state index >= 15 is 0 Å². The van der Waals surface area contributed by atoms with Gasteiger partial charge in [-0.1, -0.05) is 30.2 Å². The highest BCUT2D eigenvalue weighted by Gasteiger charge is 2.18. The summed E-state index contributed by atoms with van der Waals surface area (Å²) in [5, 5.41) is 19.2. The molecule has 106 valence electrons. The van der Waals surface area contributed by atoms with E-state index < -0.39 is 4.92 Å². The summed E-state index contributed by atoms with van der Waals surface area (Å²) in [4.78, 5) is 10.5. The maximum absolute atomic E-state index is 11.1. The number of rotatable bonds is 5. The van der Waals surface area contributed by atoms with Crippen molar-refractivity contribution in [3.63, 3.8) is 0 Å². The SMILES string of the molecule is CCCC(N)c1cn(-c2ccc(Cl)cc2[N+](=O)[O-])nn1. The van der Waals surface area contributed by atoms with Gasteiger partial charge >= 0.3 is 0 Å². The summed E-state index contributed by atoms with van der Waals surface area (Å²) in [5.41, 5.74) is 6.74. The Labute approximate surface area is 120 Å². The average molecular weight is 296 g/mol. The quantitative estimate of drug-likeness (QED) is 0.675. The first kappa shape index (κ1) is 14.4. The predicted octanol–water partition coefficient (Wildman–Crippen LogP) is 2.63. The van der Waals surface area contributed by atoms with Crippen LogP contribution in [0.3, 0.4) is 0 Å². The molecule has 7 nitrogen and oxygen atoms in total. The molecule has 0 aliphatic rings. The number of nitro benzene ring substituents is 1. The van der Waals surface area contributed by atoms with Crippen molar-refractivity contribution < 1.29 is 4.92 Å². The van der Waals surface area contributed by atoms with Crippen LogP contribution in [-0.4, -0.2) is 19.9 Å². The van der Waals surface area contributed by atoms with E-state index in [-0.39, 0.29) is 11.7 Å². The molecule has 1 aromatic heterocycles. The Balaban J connectivity index is 2.40. The van der Waals surface area contributed by atoms with Gasteiger partial charge in [0.15, 0.2) is 0 Å². The zero-order valence-electron chi connectivity index (χ0n) is 10.9. The third kappa shape index (κ3) is 2.94. The van der Waals surface area contributed by atoms with Gasteiger partial charge in [0.25, 0.3) is 5.69 Å². The first-order valence-electron chi connectivity index (χ1n) is 6.15. The number of hydrogen-bond acceptors (Lipinski definition) is 5. The van der Waals surface area contributed by atoms with Crippen molar-refractivity contribution in [1.29, 1.82) is 0 Å². The van der Waals surface area contributed by atoms with Gasteiger partial charge in [0, 0.05) is 11.1 Å².